The molecule has 0 fully saturated rings. The average molecular weight is 1080 g/mol. The number of hydrogen-bond donors (Lipinski definition) is 3. The number of nitrogens with zero attached hydrogens (tertiary/aromatic N) is 1. The van der Waals surface area contributed by atoms with E-state index in [1.54, 1.807) is 20.8 Å². The number of fused-ring (bicyclic) bond motifs is 2. The SMILES string of the molecule is CC(C)CCO[C@H]1CC=c2ccccc2=C1c1c(OCC(=O)C[C@H](CCCCNC(=O)OC(C)(C)C)C(=O)N[C@H](CCCN=C(N)CP(C)C)C(=O)C[C@@H](CC(C)C)C(=O)OCCc2ccccc2)ccc2c1=CCCC=2. The number of ether oxygens (including phenoxy) is 4. The first kappa shape index (κ1) is 62.2. The number of hydrogen-bond acceptors (Lipinski definition) is 10. The molecule has 2 amide bonds. The van der Waals surface area contributed by atoms with Crippen molar-refractivity contribution in [2.24, 2.45) is 34.4 Å². The van der Waals surface area contributed by atoms with Gasteiger partial charge in [-0.3, -0.25) is 24.2 Å². The molecule has 0 aliphatic heterocycles. The number of benzene rings is 3. The van der Waals surface area contributed by atoms with Crippen molar-refractivity contribution >= 4 is 67.1 Å². The molecular weight excluding hydrogens is 988 g/mol. The van der Waals surface area contributed by atoms with E-state index in [-0.39, 0.29) is 64.0 Å². The van der Waals surface area contributed by atoms with Crippen LogP contribution in [0.15, 0.2) is 71.7 Å². The first-order valence-corrected chi connectivity index (χ1v) is 30.5. The van der Waals surface area contributed by atoms with Crippen molar-refractivity contribution in [3.05, 3.63) is 98.7 Å². The lowest BCUT2D eigenvalue weighted by Crippen LogP contribution is -2.45. The number of amides is 2. The highest BCUT2D eigenvalue weighted by molar-refractivity contribution is 7.57. The van der Waals surface area contributed by atoms with Crippen LogP contribution in [-0.4, -0.2) is 106 Å². The van der Waals surface area contributed by atoms with Crippen molar-refractivity contribution in [2.75, 3.05) is 52.4 Å². The van der Waals surface area contributed by atoms with Crippen LogP contribution < -0.4 is 42.0 Å². The number of carbonyl (C=O) groups is 5. The molecule has 0 saturated carbocycles. The summed E-state index contributed by atoms with van der Waals surface area (Å²) < 4.78 is 24.5. The number of unbranched alkanes of at least 4 members (excludes halogenated alkanes) is 1. The molecule has 0 aromatic heterocycles. The molecule has 2 aliphatic carbocycles. The van der Waals surface area contributed by atoms with Gasteiger partial charge in [0, 0.05) is 62.2 Å². The van der Waals surface area contributed by atoms with E-state index in [9.17, 15) is 24.0 Å². The Morgan fingerprint density at radius 3 is 2.26 bits per heavy atom. The smallest absolute Gasteiger partial charge is 0.407 e. The van der Waals surface area contributed by atoms with Crippen molar-refractivity contribution in [2.45, 2.75) is 150 Å². The minimum Gasteiger partial charge on any atom is -0.485 e. The number of amidine groups is 1. The quantitative estimate of drug-likeness (QED) is 0.0181. The third-order valence-electron chi connectivity index (χ3n) is 13.6. The Balaban J connectivity index is 1.40. The lowest BCUT2D eigenvalue weighted by molar-refractivity contribution is -0.151. The molecule has 4 atom stereocenters. The van der Waals surface area contributed by atoms with E-state index in [0.29, 0.717) is 88.3 Å². The fraction of sp³-hybridized carbons (Fsp3) is 0.556. The number of nitrogens with two attached hydrogens (primary N) is 1. The molecule has 13 nitrogen and oxygen atoms in total. The van der Waals surface area contributed by atoms with Gasteiger partial charge in [-0.25, -0.2) is 4.79 Å². The van der Waals surface area contributed by atoms with E-state index >= 15 is 0 Å². The number of Topliss-reactive ketones (excluding diaryl/α,β-unsaturated/α-hetero) is 2. The molecule has 5 rings (SSSR count). The predicted octanol–water partition coefficient (Wildman–Crippen LogP) is 8.28. The van der Waals surface area contributed by atoms with E-state index in [1.165, 1.54) is 0 Å². The first-order chi connectivity index (χ1) is 36.8. The summed E-state index contributed by atoms with van der Waals surface area (Å²) in [5.74, 6) is -1.30. The fourth-order valence-electron chi connectivity index (χ4n) is 9.80. The Hall–Kier alpha value is -5.65. The summed E-state index contributed by atoms with van der Waals surface area (Å²) in [5.41, 5.74) is 8.57. The molecule has 3 aromatic rings. The molecule has 0 unspecified atom stereocenters. The Morgan fingerprint density at radius 1 is 0.792 bits per heavy atom. The first-order valence-electron chi connectivity index (χ1n) is 28.1. The molecular formula is C63H89N4O9P. The number of rotatable bonds is 32. The van der Waals surface area contributed by atoms with E-state index in [1.807, 2.05) is 68.4 Å². The normalized spacial score (nSPS) is 15.5. The van der Waals surface area contributed by atoms with Gasteiger partial charge in [0.05, 0.1) is 30.5 Å². The number of ketones is 2. The number of carbonyl (C=O) groups excluding carboxylic acids is 5. The molecule has 4 N–H and O–H groups in total. The summed E-state index contributed by atoms with van der Waals surface area (Å²) in [5, 5.41) is 10.2. The van der Waals surface area contributed by atoms with E-state index in [2.05, 4.69) is 73.2 Å². The largest absolute Gasteiger partial charge is 0.485 e. The predicted molar refractivity (Wildman–Crippen MR) is 312 cm³/mol. The summed E-state index contributed by atoms with van der Waals surface area (Å²) in [7, 11) is -0.292. The third kappa shape index (κ3) is 21.6. The third-order valence-corrected chi connectivity index (χ3v) is 14.5. The van der Waals surface area contributed by atoms with Crippen LogP contribution >= 0.6 is 7.92 Å². The average Bonchev–Trinajstić information content (AvgIpc) is 3.38. The van der Waals surface area contributed by atoms with Crippen molar-refractivity contribution in [3.63, 3.8) is 0 Å². The number of aliphatic imine (C=N–C) groups is 1. The van der Waals surface area contributed by atoms with Crippen molar-refractivity contribution in [1.29, 1.82) is 0 Å². The lowest BCUT2D eigenvalue weighted by Gasteiger charge is -2.26. The number of nitrogens with one attached hydrogen (secondary N) is 2. The van der Waals surface area contributed by atoms with Gasteiger partial charge in [-0.1, -0.05) is 113 Å². The van der Waals surface area contributed by atoms with E-state index in [4.69, 9.17) is 24.7 Å². The lowest BCUT2D eigenvalue weighted by atomic mass is 9.87. The Kier molecular flexibility index (Phi) is 25.6. The van der Waals surface area contributed by atoms with Gasteiger partial charge < -0.3 is 35.3 Å². The molecule has 0 bridgehead atoms. The van der Waals surface area contributed by atoms with Crippen LogP contribution in [0, 0.1) is 23.7 Å². The maximum atomic E-state index is 14.7. The van der Waals surface area contributed by atoms with Crippen LogP contribution in [0.25, 0.3) is 23.8 Å². The summed E-state index contributed by atoms with van der Waals surface area (Å²) in [6.07, 6.45) is 12.8. The molecule has 0 saturated heterocycles. The molecule has 14 heteroatoms. The van der Waals surface area contributed by atoms with Crippen LogP contribution in [0.1, 0.15) is 137 Å². The molecule has 0 radical (unpaired) electrons. The Bertz CT molecular complexity index is 2710. The molecule has 420 valence electrons. The van der Waals surface area contributed by atoms with Gasteiger partial charge in [0.15, 0.2) is 11.6 Å². The van der Waals surface area contributed by atoms with Gasteiger partial charge in [0.1, 0.15) is 18.0 Å². The van der Waals surface area contributed by atoms with Crippen LogP contribution in [0.5, 0.6) is 5.75 Å². The Morgan fingerprint density at radius 2 is 1.53 bits per heavy atom. The summed E-state index contributed by atoms with van der Waals surface area (Å²) in [6, 6.07) is 21.1. The Labute approximate surface area is 459 Å². The van der Waals surface area contributed by atoms with Gasteiger partial charge in [0.2, 0.25) is 5.91 Å². The number of esters is 1. The number of alkyl carbamates (subject to hydrolysis) is 1. The second-order valence-corrected chi connectivity index (χ2v) is 25.3. The minimum absolute atomic E-state index is 0.0961. The van der Waals surface area contributed by atoms with Crippen molar-refractivity contribution in [1.82, 2.24) is 10.6 Å². The molecule has 77 heavy (non-hydrogen) atoms. The van der Waals surface area contributed by atoms with Gasteiger partial charge in [-0.05, 0) is 136 Å². The summed E-state index contributed by atoms with van der Waals surface area (Å²) in [4.78, 5) is 74.4. The summed E-state index contributed by atoms with van der Waals surface area (Å²) >= 11 is 0. The zero-order valence-corrected chi connectivity index (χ0v) is 48.5. The van der Waals surface area contributed by atoms with E-state index < -0.39 is 41.4 Å². The molecule has 2 aliphatic rings. The molecule has 0 heterocycles. The highest BCUT2D eigenvalue weighted by atomic mass is 31.1. The standard InChI is InChI=1S/C63H89N4O9P/c1-43(2)32-36-73-55-30-28-46-22-13-15-25-51(46)58(55)59-52-26-16-14-23-47(52)29-31-56(59)75-41-50(68)39-48(24-17-18-34-66-62(72)76-63(5,6)7)60(70)67-53(27-19-35-65-57(64)42-77(8)9)54(69)40-49(38-44(3)4)61(71)74-37-33-45-20-11-10-12-21-45/h10-13,15,20-23,25-26,28-29,31,43-44,48-49,53,55H,14,16-19,24,27,30,32-42H2,1-9H3,(H2,64,65)(H,66,72)(H,67,70)/t48-,49+,53+,55-/m0/s1. The monoisotopic (exact) mass is 1080 g/mol. The van der Waals surface area contributed by atoms with Crippen LogP contribution in [0.4, 0.5) is 4.79 Å². The topological polar surface area (TPSA) is 185 Å². The van der Waals surface area contributed by atoms with Gasteiger partial charge in [-0.15, -0.1) is 7.92 Å². The highest BCUT2D eigenvalue weighted by Crippen LogP contribution is 2.29. The van der Waals surface area contributed by atoms with Gasteiger partial charge >= 0.3 is 12.1 Å². The molecule has 0 spiro atoms. The maximum absolute atomic E-state index is 14.7. The van der Waals surface area contributed by atoms with Crippen LogP contribution in [-0.2, 0) is 39.8 Å². The maximum Gasteiger partial charge on any atom is 0.407 e. The fourth-order valence-corrected chi connectivity index (χ4v) is 10.5. The van der Waals surface area contributed by atoms with Gasteiger partial charge in [0.25, 0.3) is 0 Å². The second-order valence-electron chi connectivity index (χ2n) is 22.8. The van der Waals surface area contributed by atoms with E-state index in [0.717, 1.165) is 56.8 Å². The van der Waals surface area contributed by atoms with Crippen molar-refractivity contribution in [3.8, 4) is 5.75 Å². The minimum atomic E-state index is -0.961. The zero-order chi connectivity index (χ0) is 55.9. The second kappa shape index (κ2) is 31.7. The molecule has 3 aromatic carbocycles. The van der Waals surface area contributed by atoms with Crippen LogP contribution in [0.2, 0.25) is 0 Å². The van der Waals surface area contributed by atoms with Crippen LogP contribution in [0.3, 0.4) is 0 Å². The van der Waals surface area contributed by atoms with Gasteiger partial charge in [-0.2, -0.15) is 0 Å². The highest BCUT2D eigenvalue weighted by Gasteiger charge is 2.32. The zero-order valence-electron chi connectivity index (χ0n) is 47.6. The van der Waals surface area contributed by atoms with Crippen molar-refractivity contribution < 1.29 is 42.9 Å². The summed E-state index contributed by atoms with van der Waals surface area (Å²) in [6.45, 7) is 19.2.